The highest BCUT2D eigenvalue weighted by atomic mass is 32.2. The van der Waals surface area contributed by atoms with Crippen LogP contribution in [0.15, 0.2) is 53.6 Å². The number of pyridine rings is 1. The van der Waals surface area contributed by atoms with Crippen LogP contribution in [0.2, 0.25) is 0 Å². The number of hydrogen-bond donors (Lipinski definition) is 2. The van der Waals surface area contributed by atoms with E-state index in [1.165, 1.54) is 10.5 Å². The predicted molar refractivity (Wildman–Crippen MR) is 103 cm³/mol. The Morgan fingerprint density at radius 3 is 2.73 bits per heavy atom. The smallest absolute Gasteiger partial charge is 0.269 e. The molecule has 4 nitrogen and oxygen atoms in total. The minimum atomic E-state index is -0.209. The van der Waals surface area contributed by atoms with Crippen LogP contribution >= 0.6 is 11.8 Å². The van der Waals surface area contributed by atoms with Crippen LogP contribution in [0.4, 0.5) is 0 Å². The second kappa shape index (κ2) is 7.41. The van der Waals surface area contributed by atoms with Gasteiger partial charge < -0.3 is 10.4 Å². The Kier molecular flexibility index (Phi) is 5.00. The van der Waals surface area contributed by atoms with E-state index in [9.17, 15) is 9.90 Å². The molecule has 2 aromatic rings. The summed E-state index contributed by atoms with van der Waals surface area (Å²) in [5.74, 6) is 1.35. The first-order chi connectivity index (χ1) is 12.7. The zero-order valence-corrected chi connectivity index (χ0v) is 15.5. The minimum absolute atomic E-state index is 0.00325. The van der Waals surface area contributed by atoms with E-state index < -0.39 is 0 Å². The van der Waals surface area contributed by atoms with Crippen LogP contribution in [-0.2, 0) is 0 Å². The molecule has 0 bridgehead atoms. The number of carbonyl (C=O) groups excluding carboxylic acids is 1. The van der Waals surface area contributed by atoms with Crippen LogP contribution in [0.1, 0.15) is 47.7 Å². The van der Waals surface area contributed by atoms with E-state index >= 15 is 0 Å². The zero-order chi connectivity index (χ0) is 18.0. The molecule has 1 atom stereocenters. The minimum Gasteiger partial charge on any atom is -0.393 e. The van der Waals surface area contributed by atoms with Crippen molar-refractivity contribution >= 4 is 17.7 Å². The number of aliphatic hydroxyl groups is 1. The molecule has 0 spiro atoms. The normalized spacial score (nSPS) is 27.7. The number of rotatable bonds is 4. The monoisotopic (exact) mass is 368 g/mol. The molecule has 5 heteroatoms. The average molecular weight is 369 g/mol. The summed E-state index contributed by atoms with van der Waals surface area (Å²) in [6.45, 7) is 0.634. The van der Waals surface area contributed by atoms with Crippen LogP contribution in [0.5, 0.6) is 0 Å². The average Bonchev–Trinajstić information content (AvgIpc) is 3.13. The summed E-state index contributed by atoms with van der Waals surface area (Å²) in [6, 6.07) is 14.0. The first kappa shape index (κ1) is 17.6. The van der Waals surface area contributed by atoms with Crippen LogP contribution in [-0.4, -0.2) is 34.4 Å². The Labute approximate surface area is 158 Å². The van der Waals surface area contributed by atoms with Crippen molar-refractivity contribution in [3.8, 4) is 0 Å². The molecule has 0 radical (unpaired) electrons. The maximum absolute atomic E-state index is 12.5. The van der Waals surface area contributed by atoms with E-state index in [-0.39, 0.29) is 17.4 Å². The van der Waals surface area contributed by atoms with Crippen molar-refractivity contribution in [2.24, 2.45) is 5.41 Å². The van der Waals surface area contributed by atoms with Crippen molar-refractivity contribution in [2.45, 2.75) is 42.6 Å². The van der Waals surface area contributed by atoms with Gasteiger partial charge in [0, 0.05) is 29.3 Å². The van der Waals surface area contributed by atoms with E-state index in [1.807, 2.05) is 23.9 Å². The Hall–Kier alpha value is -1.85. The van der Waals surface area contributed by atoms with Gasteiger partial charge in [0.2, 0.25) is 0 Å². The van der Waals surface area contributed by atoms with Crippen LogP contribution in [0.3, 0.4) is 0 Å². The fraction of sp³-hybridized carbons (Fsp3) is 0.429. The van der Waals surface area contributed by atoms with E-state index in [2.05, 4.69) is 34.6 Å². The Bertz CT molecular complexity index is 773. The summed E-state index contributed by atoms with van der Waals surface area (Å²) in [6.07, 6.45) is 4.93. The SMILES string of the molecule is O=C(NCC1(C2CSc3ccccc32)CCC(O)CC1)c1ccccn1. The van der Waals surface area contributed by atoms with Gasteiger partial charge in [0.15, 0.2) is 0 Å². The number of thioether (sulfide) groups is 1. The lowest BCUT2D eigenvalue weighted by molar-refractivity contribution is 0.0482. The molecular formula is C21H24N2O2S. The molecule has 1 aliphatic carbocycles. The number of amides is 1. The van der Waals surface area contributed by atoms with Crippen molar-refractivity contribution in [3.05, 3.63) is 59.9 Å². The molecule has 26 heavy (non-hydrogen) atoms. The summed E-state index contributed by atoms with van der Waals surface area (Å²) >= 11 is 1.91. The van der Waals surface area contributed by atoms with E-state index in [0.717, 1.165) is 31.4 Å². The summed E-state index contributed by atoms with van der Waals surface area (Å²) < 4.78 is 0. The standard InChI is InChI=1S/C21H24N2O2S/c24-15-8-10-21(11-9-15,14-23-20(25)18-6-3-4-12-22-18)17-13-26-19-7-2-1-5-16(17)19/h1-7,12,15,17,24H,8-11,13-14H2,(H,23,25). The van der Waals surface area contributed by atoms with Gasteiger partial charge in [-0.2, -0.15) is 0 Å². The summed E-state index contributed by atoms with van der Waals surface area (Å²) in [7, 11) is 0. The molecule has 1 saturated carbocycles. The topological polar surface area (TPSA) is 62.2 Å². The van der Waals surface area contributed by atoms with Gasteiger partial charge in [0.1, 0.15) is 5.69 Å². The number of aromatic nitrogens is 1. The lowest BCUT2D eigenvalue weighted by Gasteiger charge is -2.44. The molecule has 4 rings (SSSR count). The molecule has 1 fully saturated rings. The Morgan fingerprint density at radius 1 is 1.19 bits per heavy atom. The summed E-state index contributed by atoms with van der Waals surface area (Å²) in [5.41, 5.74) is 1.86. The van der Waals surface area contributed by atoms with Crippen molar-refractivity contribution in [1.82, 2.24) is 10.3 Å². The first-order valence-corrected chi connectivity index (χ1v) is 10.3. The van der Waals surface area contributed by atoms with Gasteiger partial charge in [0.05, 0.1) is 6.10 Å². The lowest BCUT2D eigenvalue weighted by Crippen LogP contribution is -2.45. The van der Waals surface area contributed by atoms with Gasteiger partial charge in [-0.05, 0) is 54.9 Å². The third-order valence-electron chi connectivity index (χ3n) is 5.89. The van der Waals surface area contributed by atoms with Gasteiger partial charge in [-0.25, -0.2) is 0 Å². The molecule has 1 aromatic carbocycles. The first-order valence-electron chi connectivity index (χ1n) is 9.27. The van der Waals surface area contributed by atoms with Crippen LogP contribution < -0.4 is 5.32 Å². The second-order valence-electron chi connectivity index (χ2n) is 7.39. The Balaban J connectivity index is 1.56. The molecule has 1 amide bonds. The Morgan fingerprint density at radius 2 is 1.96 bits per heavy atom. The largest absolute Gasteiger partial charge is 0.393 e. The number of aliphatic hydroxyl groups excluding tert-OH is 1. The molecule has 2 aliphatic rings. The molecule has 1 aliphatic heterocycles. The van der Waals surface area contributed by atoms with Gasteiger partial charge in [-0.3, -0.25) is 9.78 Å². The third-order valence-corrected chi connectivity index (χ3v) is 7.07. The molecule has 1 aromatic heterocycles. The van der Waals surface area contributed by atoms with Gasteiger partial charge in [0.25, 0.3) is 5.91 Å². The van der Waals surface area contributed by atoms with Crippen LogP contribution in [0, 0.1) is 5.41 Å². The highest BCUT2D eigenvalue weighted by molar-refractivity contribution is 7.99. The maximum atomic E-state index is 12.5. The molecule has 136 valence electrons. The number of hydrogen-bond acceptors (Lipinski definition) is 4. The summed E-state index contributed by atoms with van der Waals surface area (Å²) in [5, 5.41) is 13.2. The van der Waals surface area contributed by atoms with Crippen molar-refractivity contribution in [3.63, 3.8) is 0 Å². The van der Waals surface area contributed by atoms with Crippen molar-refractivity contribution in [2.75, 3.05) is 12.3 Å². The second-order valence-corrected chi connectivity index (χ2v) is 8.45. The van der Waals surface area contributed by atoms with Crippen molar-refractivity contribution in [1.29, 1.82) is 0 Å². The fourth-order valence-electron chi connectivity index (χ4n) is 4.34. The van der Waals surface area contributed by atoms with Crippen molar-refractivity contribution < 1.29 is 9.90 Å². The molecule has 2 heterocycles. The highest BCUT2D eigenvalue weighted by Gasteiger charge is 2.45. The number of fused-ring (bicyclic) bond motifs is 1. The highest BCUT2D eigenvalue weighted by Crippen LogP contribution is 2.54. The predicted octanol–water partition coefficient (Wildman–Crippen LogP) is 3.62. The molecule has 0 saturated heterocycles. The van der Waals surface area contributed by atoms with Crippen LogP contribution in [0.25, 0.3) is 0 Å². The lowest BCUT2D eigenvalue weighted by atomic mass is 9.63. The number of benzene rings is 1. The van der Waals surface area contributed by atoms with E-state index in [1.54, 1.807) is 12.3 Å². The van der Waals surface area contributed by atoms with Gasteiger partial charge >= 0.3 is 0 Å². The zero-order valence-electron chi connectivity index (χ0n) is 14.7. The fourth-order valence-corrected chi connectivity index (χ4v) is 5.77. The van der Waals surface area contributed by atoms with Gasteiger partial charge in [-0.15, -0.1) is 11.8 Å². The molecule has 2 N–H and O–H groups in total. The van der Waals surface area contributed by atoms with Gasteiger partial charge in [-0.1, -0.05) is 24.3 Å². The summed E-state index contributed by atoms with van der Waals surface area (Å²) in [4.78, 5) is 18.0. The molecular weight excluding hydrogens is 344 g/mol. The maximum Gasteiger partial charge on any atom is 0.269 e. The van der Waals surface area contributed by atoms with E-state index in [4.69, 9.17) is 0 Å². The molecule has 1 unspecified atom stereocenters. The quantitative estimate of drug-likeness (QED) is 0.865. The number of nitrogens with zero attached hydrogens (tertiary/aromatic N) is 1. The van der Waals surface area contributed by atoms with E-state index in [0.29, 0.717) is 18.2 Å². The number of nitrogens with one attached hydrogen (secondary N) is 1. The third kappa shape index (κ3) is 3.38. The number of carbonyl (C=O) groups is 1.